The van der Waals surface area contributed by atoms with Gasteiger partial charge in [-0.3, -0.25) is 0 Å². The van der Waals surface area contributed by atoms with Crippen molar-refractivity contribution in [1.29, 1.82) is 0 Å². The smallest absolute Gasteiger partial charge is 0.408 e. The van der Waals surface area contributed by atoms with Crippen LogP contribution < -0.4 is 4.90 Å². The van der Waals surface area contributed by atoms with Crippen molar-refractivity contribution < 1.29 is 27.5 Å². The van der Waals surface area contributed by atoms with Crippen LogP contribution in [0.1, 0.15) is 23.2 Å². The van der Waals surface area contributed by atoms with Crippen LogP contribution in [0.25, 0.3) is 22.3 Å². The Labute approximate surface area is 162 Å². The molecule has 3 aromatic rings. The van der Waals surface area contributed by atoms with E-state index in [9.17, 15) is 27.5 Å². The maximum absolute atomic E-state index is 13.6. The highest BCUT2D eigenvalue weighted by molar-refractivity contribution is 5.93. The molecule has 1 atom stereocenters. The zero-order valence-electron chi connectivity index (χ0n) is 14.9. The number of rotatable bonds is 3. The third-order valence-corrected chi connectivity index (χ3v) is 4.91. The van der Waals surface area contributed by atoms with Gasteiger partial charge in [0.15, 0.2) is 5.82 Å². The van der Waals surface area contributed by atoms with E-state index in [2.05, 4.69) is 9.97 Å². The highest BCUT2D eigenvalue weighted by Gasteiger charge is 2.47. The zero-order chi connectivity index (χ0) is 20.8. The van der Waals surface area contributed by atoms with Gasteiger partial charge < -0.3 is 10.0 Å². The SMILES string of the molecule is O=C(O)c1ccc2nc(-c3ccc(F)cc3)c(N3CCCC3C(F)(F)F)nc2c1. The number of anilines is 1. The lowest BCUT2D eigenvalue weighted by molar-refractivity contribution is -0.146. The Bertz CT molecular complexity index is 1080. The molecule has 0 aliphatic carbocycles. The van der Waals surface area contributed by atoms with Gasteiger partial charge in [-0.1, -0.05) is 0 Å². The van der Waals surface area contributed by atoms with Gasteiger partial charge in [0, 0.05) is 12.1 Å². The first-order valence-electron chi connectivity index (χ1n) is 8.88. The molecule has 9 heteroatoms. The Morgan fingerprint density at radius 1 is 1.07 bits per heavy atom. The van der Waals surface area contributed by atoms with Crippen molar-refractivity contribution in [2.24, 2.45) is 0 Å². The summed E-state index contributed by atoms with van der Waals surface area (Å²) >= 11 is 0. The summed E-state index contributed by atoms with van der Waals surface area (Å²) in [4.78, 5) is 21.2. The minimum atomic E-state index is -4.45. The minimum absolute atomic E-state index is 0.00599. The lowest BCUT2D eigenvalue weighted by Crippen LogP contribution is -2.42. The Balaban J connectivity index is 1.94. The first-order chi connectivity index (χ1) is 13.7. The lowest BCUT2D eigenvalue weighted by Gasteiger charge is -2.29. The van der Waals surface area contributed by atoms with Crippen LogP contribution in [0.3, 0.4) is 0 Å². The van der Waals surface area contributed by atoms with Gasteiger partial charge >= 0.3 is 12.1 Å². The Kier molecular flexibility index (Phi) is 4.60. The number of aromatic carboxylic acids is 1. The fraction of sp³-hybridized carbons (Fsp3) is 0.250. The summed E-state index contributed by atoms with van der Waals surface area (Å²) in [6.45, 7) is 0.136. The average Bonchev–Trinajstić information content (AvgIpc) is 3.17. The van der Waals surface area contributed by atoms with Crippen molar-refractivity contribution >= 4 is 22.8 Å². The van der Waals surface area contributed by atoms with Gasteiger partial charge in [-0.2, -0.15) is 13.2 Å². The highest BCUT2D eigenvalue weighted by atomic mass is 19.4. The monoisotopic (exact) mass is 405 g/mol. The van der Waals surface area contributed by atoms with E-state index >= 15 is 0 Å². The van der Waals surface area contributed by atoms with Crippen LogP contribution in [0, 0.1) is 5.82 Å². The summed E-state index contributed by atoms with van der Waals surface area (Å²) in [5.41, 5.74) is 1.09. The maximum Gasteiger partial charge on any atom is 0.408 e. The highest BCUT2D eigenvalue weighted by Crippen LogP contribution is 2.39. The molecule has 1 aliphatic heterocycles. The van der Waals surface area contributed by atoms with Crippen molar-refractivity contribution in [2.75, 3.05) is 11.4 Å². The van der Waals surface area contributed by atoms with Crippen LogP contribution in [0.15, 0.2) is 42.5 Å². The van der Waals surface area contributed by atoms with E-state index in [-0.39, 0.29) is 35.6 Å². The third-order valence-electron chi connectivity index (χ3n) is 4.91. The fourth-order valence-corrected chi connectivity index (χ4v) is 3.54. The number of hydrogen-bond donors (Lipinski definition) is 1. The van der Waals surface area contributed by atoms with Gasteiger partial charge in [0.2, 0.25) is 0 Å². The molecule has 29 heavy (non-hydrogen) atoms. The fourth-order valence-electron chi connectivity index (χ4n) is 3.54. The Hall–Kier alpha value is -3.23. The Morgan fingerprint density at radius 2 is 1.79 bits per heavy atom. The van der Waals surface area contributed by atoms with E-state index in [1.165, 1.54) is 42.5 Å². The maximum atomic E-state index is 13.6. The second-order valence-electron chi connectivity index (χ2n) is 6.80. The molecule has 0 amide bonds. The number of carbonyl (C=O) groups is 1. The minimum Gasteiger partial charge on any atom is -0.478 e. The average molecular weight is 405 g/mol. The van der Waals surface area contributed by atoms with Crippen LogP contribution in [0.2, 0.25) is 0 Å². The first kappa shape index (κ1) is 19.1. The molecule has 0 radical (unpaired) electrons. The van der Waals surface area contributed by atoms with Gasteiger partial charge in [0.25, 0.3) is 0 Å². The molecule has 0 bridgehead atoms. The third kappa shape index (κ3) is 3.59. The summed E-state index contributed by atoms with van der Waals surface area (Å²) in [6.07, 6.45) is -4.18. The van der Waals surface area contributed by atoms with E-state index < -0.39 is 24.0 Å². The molecule has 1 aromatic heterocycles. The number of carboxylic acid groups (broad SMARTS) is 1. The topological polar surface area (TPSA) is 66.3 Å². The largest absolute Gasteiger partial charge is 0.478 e. The normalized spacial score (nSPS) is 17.1. The van der Waals surface area contributed by atoms with Crippen LogP contribution in [0.4, 0.5) is 23.4 Å². The number of carboxylic acids is 1. The summed E-state index contributed by atoms with van der Waals surface area (Å²) in [5, 5.41) is 9.19. The number of halogens is 4. The molecule has 0 spiro atoms. The van der Waals surface area contributed by atoms with E-state index in [1.807, 2.05) is 0 Å². The summed E-state index contributed by atoms with van der Waals surface area (Å²) < 4.78 is 54.0. The lowest BCUT2D eigenvalue weighted by atomic mass is 10.1. The standard InChI is InChI=1S/C20H15F4N3O2/c21-13-6-3-11(4-7-13)17-18(27-9-1-2-16(27)20(22,23)24)26-15-10-12(19(28)29)5-8-14(15)25-17/h3-8,10,16H,1-2,9H2,(H,28,29). The second-order valence-corrected chi connectivity index (χ2v) is 6.80. The first-order valence-corrected chi connectivity index (χ1v) is 8.88. The molecular weight excluding hydrogens is 390 g/mol. The van der Waals surface area contributed by atoms with E-state index in [4.69, 9.17) is 0 Å². The summed E-state index contributed by atoms with van der Waals surface area (Å²) in [5.74, 6) is -1.65. The van der Waals surface area contributed by atoms with Crippen LogP contribution in [-0.4, -0.2) is 39.8 Å². The van der Waals surface area contributed by atoms with Crippen molar-refractivity contribution in [3.05, 3.63) is 53.8 Å². The quantitative estimate of drug-likeness (QED) is 0.642. The number of benzene rings is 2. The van der Waals surface area contributed by atoms with Gasteiger partial charge in [-0.05, 0) is 55.3 Å². The van der Waals surface area contributed by atoms with Crippen LogP contribution in [0.5, 0.6) is 0 Å². The molecule has 2 aromatic carbocycles. The number of fused-ring (bicyclic) bond motifs is 1. The molecular formula is C20H15F4N3O2. The predicted molar refractivity (Wildman–Crippen MR) is 98.3 cm³/mol. The number of hydrogen-bond acceptors (Lipinski definition) is 4. The van der Waals surface area contributed by atoms with Gasteiger partial charge in [0.05, 0.1) is 16.6 Å². The molecule has 5 nitrogen and oxygen atoms in total. The summed E-state index contributed by atoms with van der Waals surface area (Å²) in [7, 11) is 0. The molecule has 150 valence electrons. The molecule has 1 N–H and O–H groups in total. The van der Waals surface area contributed by atoms with Gasteiger partial charge in [-0.15, -0.1) is 0 Å². The van der Waals surface area contributed by atoms with Gasteiger partial charge in [-0.25, -0.2) is 19.2 Å². The van der Waals surface area contributed by atoms with Crippen molar-refractivity contribution in [3.8, 4) is 11.3 Å². The van der Waals surface area contributed by atoms with E-state index in [0.717, 1.165) is 4.90 Å². The number of aromatic nitrogens is 2. The zero-order valence-corrected chi connectivity index (χ0v) is 14.9. The van der Waals surface area contributed by atoms with E-state index in [1.54, 1.807) is 0 Å². The van der Waals surface area contributed by atoms with Crippen molar-refractivity contribution in [3.63, 3.8) is 0 Å². The number of nitrogens with zero attached hydrogens (tertiary/aromatic N) is 3. The van der Waals surface area contributed by atoms with Crippen molar-refractivity contribution in [2.45, 2.75) is 25.1 Å². The molecule has 4 rings (SSSR count). The summed E-state index contributed by atoms with van der Waals surface area (Å²) in [6, 6.07) is 7.62. The van der Waals surface area contributed by atoms with E-state index in [0.29, 0.717) is 17.5 Å². The molecule has 2 heterocycles. The number of alkyl halides is 3. The van der Waals surface area contributed by atoms with Crippen LogP contribution in [-0.2, 0) is 0 Å². The van der Waals surface area contributed by atoms with Gasteiger partial charge in [0.1, 0.15) is 17.6 Å². The van der Waals surface area contributed by atoms with Crippen molar-refractivity contribution in [1.82, 2.24) is 9.97 Å². The second kappa shape index (κ2) is 6.98. The molecule has 1 aliphatic rings. The molecule has 1 saturated heterocycles. The molecule has 1 fully saturated rings. The Morgan fingerprint density at radius 3 is 2.45 bits per heavy atom. The molecule has 1 unspecified atom stereocenters. The molecule has 0 saturated carbocycles. The van der Waals surface area contributed by atoms with Crippen LogP contribution >= 0.6 is 0 Å². The predicted octanol–water partition coefficient (Wildman–Crippen LogP) is 4.67.